The minimum atomic E-state index is -0.145. The highest BCUT2D eigenvalue weighted by Gasteiger charge is 2.25. The second-order valence-electron chi connectivity index (χ2n) is 7.13. The van der Waals surface area contributed by atoms with Crippen molar-refractivity contribution in [2.45, 2.75) is 38.5 Å². The van der Waals surface area contributed by atoms with Gasteiger partial charge < -0.3 is 19.7 Å². The van der Waals surface area contributed by atoms with Gasteiger partial charge in [0.15, 0.2) is 34.6 Å². The van der Waals surface area contributed by atoms with Crippen LogP contribution in [0.4, 0.5) is 0 Å². The molecular formula is C22H22O6. The zero-order chi connectivity index (χ0) is 19.7. The van der Waals surface area contributed by atoms with Crippen LogP contribution >= 0.6 is 0 Å². The van der Waals surface area contributed by atoms with E-state index in [-0.39, 0.29) is 23.1 Å². The molecule has 0 spiro atoms. The Morgan fingerprint density at radius 2 is 1.32 bits per heavy atom. The van der Waals surface area contributed by atoms with Crippen molar-refractivity contribution in [1.82, 2.24) is 0 Å². The number of carbonyl (C=O) groups is 2. The molecule has 6 nitrogen and oxygen atoms in total. The zero-order valence-electron chi connectivity index (χ0n) is 15.5. The van der Waals surface area contributed by atoms with E-state index in [0.717, 1.165) is 41.9 Å². The molecule has 2 aliphatic carbocycles. The van der Waals surface area contributed by atoms with Gasteiger partial charge in [-0.3, -0.25) is 9.59 Å². The summed E-state index contributed by atoms with van der Waals surface area (Å²) < 4.78 is 11.1. The number of carbonyl (C=O) groups excluding carboxylic acids is 2. The maximum Gasteiger partial charge on any atom is 0.165 e. The fourth-order valence-electron chi connectivity index (χ4n) is 3.94. The van der Waals surface area contributed by atoms with Gasteiger partial charge in [0, 0.05) is 35.1 Å². The Balaban J connectivity index is 0.000000139. The van der Waals surface area contributed by atoms with E-state index in [1.165, 1.54) is 6.07 Å². The number of aromatic hydroxyl groups is 2. The maximum absolute atomic E-state index is 11.7. The maximum atomic E-state index is 11.7. The van der Waals surface area contributed by atoms with E-state index in [9.17, 15) is 19.8 Å². The highest BCUT2D eigenvalue weighted by atomic mass is 16.6. The van der Waals surface area contributed by atoms with E-state index in [2.05, 4.69) is 0 Å². The van der Waals surface area contributed by atoms with Gasteiger partial charge >= 0.3 is 0 Å². The monoisotopic (exact) mass is 382 g/mol. The normalized spacial score (nSPS) is 17.1. The molecule has 0 bridgehead atoms. The Bertz CT molecular complexity index is 947. The topological polar surface area (TPSA) is 93.1 Å². The molecule has 0 fully saturated rings. The zero-order valence-corrected chi connectivity index (χ0v) is 15.5. The van der Waals surface area contributed by atoms with Crippen LogP contribution in [-0.4, -0.2) is 35.0 Å². The van der Waals surface area contributed by atoms with Crippen LogP contribution in [0.15, 0.2) is 24.3 Å². The summed E-state index contributed by atoms with van der Waals surface area (Å²) >= 11 is 0. The van der Waals surface area contributed by atoms with Crippen molar-refractivity contribution in [2.75, 3.05) is 13.2 Å². The van der Waals surface area contributed by atoms with Crippen molar-refractivity contribution in [1.29, 1.82) is 0 Å². The highest BCUT2D eigenvalue weighted by Crippen LogP contribution is 2.39. The van der Waals surface area contributed by atoms with Crippen LogP contribution in [0.5, 0.6) is 23.0 Å². The first-order chi connectivity index (χ1) is 13.6. The van der Waals surface area contributed by atoms with Gasteiger partial charge in [-0.25, -0.2) is 0 Å². The van der Waals surface area contributed by atoms with Gasteiger partial charge in [-0.15, -0.1) is 0 Å². The average Bonchev–Trinajstić information content (AvgIpc) is 2.72. The van der Waals surface area contributed by atoms with E-state index in [1.807, 2.05) is 12.1 Å². The van der Waals surface area contributed by atoms with Gasteiger partial charge in [0.05, 0.1) is 0 Å². The van der Waals surface area contributed by atoms with Crippen LogP contribution in [0.2, 0.25) is 0 Å². The number of rotatable bonds is 0. The third-order valence-electron chi connectivity index (χ3n) is 5.34. The van der Waals surface area contributed by atoms with Crippen LogP contribution < -0.4 is 9.47 Å². The molecule has 2 aromatic carbocycles. The standard InChI is InChI=1S/C12H12O3.C10H10O3/c13-10-3-1-2-9-8(10)4-5-11-12(9)15-7-6-14-11;11-8-3-1-2-7-6(8)4-5-9(12)10(7)13/h4-5H,1-3,6-7H2;4-5,12-13H,1-3H2. The van der Waals surface area contributed by atoms with Crippen molar-refractivity contribution >= 4 is 11.6 Å². The van der Waals surface area contributed by atoms with E-state index in [4.69, 9.17) is 9.47 Å². The van der Waals surface area contributed by atoms with Gasteiger partial charge in [0.2, 0.25) is 0 Å². The number of phenolic OH excluding ortho intramolecular Hbond substituents is 2. The lowest BCUT2D eigenvalue weighted by Gasteiger charge is -2.24. The van der Waals surface area contributed by atoms with Crippen LogP contribution in [-0.2, 0) is 12.8 Å². The van der Waals surface area contributed by atoms with Crippen LogP contribution in [0.25, 0.3) is 0 Å². The molecule has 0 unspecified atom stereocenters. The third kappa shape index (κ3) is 3.30. The van der Waals surface area contributed by atoms with Crippen molar-refractivity contribution in [2.24, 2.45) is 0 Å². The van der Waals surface area contributed by atoms with Gasteiger partial charge in [0.1, 0.15) is 13.2 Å². The number of hydrogen-bond acceptors (Lipinski definition) is 6. The first kappa shape index (κ1) is 18.3. The van der Waals surface area contributed by atoms with Gasteiger partial charge in [-0.1, -0.05) is 0 Å². The minimum absolute atomic E-state index is 0.0524. The Kier molecular flexibility index (Phi) is 4.94. The lowest BCUT2D eigenvalue weighted by Crippen LogP contribution is -2.20. The number of benzene rings is 2. The molecule has 3 aliphatic rings. The summed E-state index contributed by atoms with van der Waals surface area (Å²) in [5.41, 5.74) is 3.02. The van der Waals surface area contributed by atoms with Gasteiger partial charge in [0.25, 0.3) is 0 Å². The molecular weight excluding hydrogens is 360 g/mol. The first-order valence-electron chi connectivity index (χ1n) is 9.58. The summed E-state index contributed by atoms with van der Waals surface area (Å²) in [6, 6.07) is 6.64. The second-order valence-corrected chi connectivity index (χ2v) is 7.13. The van der Waals surface area contributed by atoms with E-state index >= 15 is 0 Å². The van der Waals surface area contributed by atoms with Crippen LogP contribution in [0.3, 0.4) is 0 Å². The summed E-state index contributed by atoms with van der Waals surface area (Å²) in [5, 5.41) is 18.7. The fraction of sp³-hybridized carbons (Fsp3) is 0.364. The highest BCUT2D eigenvalue weighted by molar-refractivity contribution is 6.00. The molecule has 28 heavy (non-hydrogen) atoms. The number of hydrogen-bond donors (Lipinski definition) is 2. The molecule has 0 aromatic heterocycles. The minimum Gasteiger partial charge on any atom is -0.504 e. The van der Waals surface area contributed by atoms with Gasteiger partial charge in [-0.2, -0.15) is 0 Å². The number of phenols is 2. The Hall–Kier alpha value is -3.02. The van der Waals surface area contributed by atoms with Crippen LogP contribution in [0, 0.1) is 0 Å². The average molecular weight is 382 g/mol. The van der Waals surface area contributed by atoms with Crippen molar-refractivity contribution in [3.63, 3.8) is 0 Å². The predicted octanol–water partition coefficient (Wildman–Crippen LogP) is 3.59. The molecule has 2 N–H and O–H groups in total. The molecule has 0 radical (unpaired) electrons. The summed E-state index contributed by atoms with van der Waals surface area (Å²) in [6.45, 7) is 1.18. The molecule has 2 aromatic rings. The molecule has 146 valence electrons. The number of ketones is 2. The van der Waals surface area contributed by atoms with Crippen LogP contribution in [0.1, 0.15) is 57.5 Å². The lowest BCUT2D eigenvalue weighted by molar-refractivity contribution is 0.0962. The summed E-state index contributed by atoms with van der Waals surface area (Å²) in [6.07, 6.45) is 4.47. The smallest absolute Gasteiger partial charge is 0.165 e. The van der Waals surface area contributed by atoms with Gasteiger partial charge in [-0.05, 0) is 49.9 Å². The SMILES string of the molecule is O=C1CCCc2c1ccc(O)c2O.O=C1CCCc2c1ccc1c2OCCO1. The van der Waals surface area contributed by atoms with Crippen molar-refractivity contribution in [3.05, 3.63) is 46.5 Å². The summed E-state index contributed by atoms with van der Waals surface area (Å²) in [4.78, 5) is 23.0. The predicted molar refractivity (Wildman–Crippen MR) is 102 cm³/mol. The number of fused-ring (bicyclic) bond motifs is 4. The summed E-state index contributed by atoms with van der Waals surface area (Å²) in [7, 11) is 0. The number of Topliss-reactive ketones (excluding diaryl/α,β-unsaturated/α-hetero) is 2. The second kappa shape index (κ2) is 7.54. The lowest BCUT2D eigenvalue weighted by atomic mass is 9.89. The largest absolute Gasteiger partial charge is 0.504 e. The molecule has 0 saturated carbocycles. The van der Waals surface area contributed by atoms with E-state index < -0.39 is 0 Å². The summed E-state index contributed by atoms with van der Waals surface area (Å²) in [5.74, 6) is 1.59. The van der Waals surface area contributed by atoms with E-state index in [1.54, 1.807) is 6.07 Å². The molecule has 6 heteroatoms. The fourth-order valence-corrected chi connectivity index (χ4v) is 3.94. The molecule has 0 amide bonds. The molecule has 0 atom stereocenters. The van der Waals surface area contributed by atoms with Crippen molar-refractivity contribution in [3.8, 4) is 23.0 Å². The van der Waals surface area contributed by atoms with E-state index in [0.29, 0.717) is 43.6 Å². The number of ether oxygens (including phenoxy) is 2. The quantitative estimate of drug-likeness (QED) is 0.677. The molecule has 5 rings (SSSR count). The Labute approximate surface area is 162 Å². The Morgan fingerprint density at radius 1 is 0.714 bits per heavy atom. The first-order valence-corrected chi connectivity index (χ1v) is 9.58. The van der Waals surface area contributed by atoms with Crippen molar-refractivity contribution < 1.29 is 29.3 Å². The Morgan fingerprint density at radius 3 is 2.07 bits per heavy atom. The molecule has 1 aliphatic heterocycles. The molecule has 0 saturated heterocycles. The third-order valence-corrected chi connectivity index (χ3v) is 5.34. The molecule has 1 heterocycles.